The molecular weight excluding hydrogens is 617 g/mol. The lowest BCUT2D eigenvalue weighted by atomic mass is 10.1. The number of hydrogen-bond donors (Lipinski definition) is 1. The topological polar surface area (TPSA) is 97.2 Å². The maximum absolute atomic E-state index is 14.2. The SMILES string of the molecule is CCN(CC)S(=O)(=O)c1cccc(-c2nnc(SCC(=O)Nc3ccc(Br)cc3F)n2CCc2ccccc2)c1. The highest BCUT2D eigenvalue weighted by Gasteiger charge is 2.23. The highest BCUT2D eigenvalue weighted by molar-refractivity contribution is 9.10. The van der Waals surface area contributed by atoms with E-state index in [2.05, 4.69) is 31.4 Å². The van der Waals surface area contributed by atoms with Crippen molar-refractivity contribution in [2.24, 2.45) is 0 Å². The second kappa shape index (κ2) is 13.5. The summed E-state index contributed by atoms with van der Waals surface area (Å²) in [5.74, 6) is -0.456. The number of nitrogens with one attached hydrogen (secondary N) is 1. The van der Waals surface area contributed by atoms with Crippen LogP contribution in [0.2, 0.25) is 0 Å². The van der Waals surface area contributed by atoms with E-state index in [0.29, 0.717) is 47.1 Å². The van der Waals surface area contributed by atoms with Crippen molar-refractivity contribution in [3.63, 3.8) is 0 Å². The zero-order chi connectivity index (χ0) is 28.7. The van der Waals surface area contributed by atoms with Gasteiger partial charge in [0.15, 0.2) is 11.0 Å². The van der Waals surface area contributed by atoms with E-state index in [1.54, 1.807) is 44.2 Å². The number of anilines is 1. The lowest BCUT2D eigenvalue weighted by Crippen LogP contribution is -2.30. The van der Waals surface area contributed by atoms with Crippen molar-refractivity contribution in [2.45, 2.75) is 36.9 Å². The van der Waals surface area contributed by atoms with Crippen LogP contribution in [0, 0.1) is 5.82 Å². The predicted molar refractivity (Wildman–Crippen MR) is 159 cm³/mol. The summed E-state index contributed by atoms with van der Waals surface area (Å²) in [6.45, 7) is 4.84. The van der Waals surface area contributed by atoms with E-state index in [9.17, 15) is 17.6 Å². The molecule has 1 N–H and O–H groups in total. The number of aromatic nitrogens is 3. The minimum absolute atomic E-state index is 0.0185. The maximum Gasteiger partial charge on any atom is 0.243 e. The smallest absolute Gasteiger partial charge is 0.243 e. The molecule has 0 saturated heterocycles. The quantitative estimate of drug-likeness (QED) is 0.194. The van der Waals surface area contributed by atoms with Gasteiger partial charge in [-0.25, -0.2) is 12.8 Å². The van der Waals surface area contributed by atoms with Crippen LogP contribution in [0.15, 0.2) is 87.3 Å². The molecule has 0 aliphatic heterocycles. The average molecular weight is 647 g/mol. The Bertz CT molecular complexity index is 1580. The van der Waals surface area contributed by atoms with E-state index in [-0.39, 0.29) is 16.3 Å². The lowest BCUT2D eigenvalue weighted by Gasteiger charge is -2.19. The molecule has 4 rings (SSSR count). The summed E-state index contributed by atoms with van der Waals surface area (Å²) in [6.07, 6.45) is 0.674. The van der Waals surface area contributed by atoms with Crippen molar-refractivity contribution >= 4 is 49.3 Å². The fourth-order valence-electron chi connectivity index (χ4n) is 4.11. The molecule has 8 nitrogen and oxygen atoms in total. The number of carbonyl (C=O) groups excluding carboxylic acids is 1. The van der Waals surface area contributed by atoms with E-state index < -0.39 is 21.7 Å². The van der Waals surface area contributed by atoms with Gasteiger partial charge in [-0.05, 0) is 42.3 Å². The molecule has 1 aromatic heterocycles. The van der Waals surface area contributed by atoms with Crippen LogP contribution in [0.25, 0.3) is 11.4 Å². The van der Waals surface area contributed by atoms with E-state index in [4.69, 9.17) is 0 Å². The Morgan fingerprint density at radius 1 is 1.02 bits per heavy atom. The number of nitrogens with zero attached hydrogens (tertiary/aromatic N) is 4. The largest absolute Gasteiger partial charge is 0.323 e. The third-order valence-electron chi connectivity index (χ3n) is 6.16. The molecule has 0 aliphatic rings. The molecule has 0 aliphatic carbocycles. The van der Waals surface area contributed by atoms with Crippen molar-refractivity contribution in [1.29, 1.82) is 0 Å². The molecule has 0 bridgehead atoms. The zero-order valence-corrected chi connectivity index (χ0v) is 25.3. The van der Waals surface area contributed by atoms with Crippen LogP contribution in [0.3, 0.4) is 0 Å². The molecule has 1 amide bonds. The Morgan fingerprint density at radius 2 is 1.77 bits per heavy atom. The number of thioether (sulfide) groups is 1. The van der Waals surface area contributed by atoms with E-state index in [1.165, 1.54) is 28.2 Å². The standard InChI is InChI=1S/C28H29BrFN5O3S2/c1-3-34(4-2)40(37,38)23-12-8-11-21(17-23)27-32-33-28(35(27)16-15-20-9-6-5-7-10-20)39-19-26(36)31-25-14-13-22(29)18-24(25)30/h5-14,17-18H,3-4,15-16,19H2,1-2H3,(H,31,36). The summed E-state index contributed by atoms with van der Waals surface area (Å²) in [4.78, 5) is 12.8. The average Bonchev–Trinajstić information content (AvgIpc) is 3.36. The van der Waals surface area contributed by atoms with Crippen LogP contribution >= 0.6 is 27.7 Å². The Balaban J connectivity index is 1.61. The van der Waals surface area contributed by atoms with Gasteiger partial charge in [-0.1, -0.05) is 84.0 Å². The predicted octanol–water partition coefficient (Wildman–Crippen LogP) is 5.85. The second-order valence-corrected chi connectivity index (χ2v) is 12.6. The molecule has 12 heteroatoms. The first-order valence-corrected chi connectivity index (χ1v) is 15.9. The number of aryl methyl sites for hydroxylation is 1. The van der Waals surface area contributed by atoms with Crippen LogP contribution in [0.5, 0.6) is 0 Å². The third kappa shape index (κ3) is 7.17. The number of carbonyl (C=O) groups is 1. The number of halogens is 2. The van der Waals surface area contributed by atoms with Crippen LogP contribution in [-0.4, -0.2) is 52.2 Å². The molecule has 0 unspecified atom stereocenters. The molecular formula is C28H29BrFN5O3S2. The van der Waals surface area contributed by atoms with Gasteiger partial charge in [0.1, 0.15) is 5.82 Å². The van der Waals surface area contributed by atoms with Gasteiger partial charge < -0.3 is 9.88 Å². The van der Waals surface area contributed by atoms with Crippen molar-refractivity contribution in [1.82, 2.24) is 19.1 Å². The summed E-state index contributed by atoms with van der Waals surface area (Å²) in [5, 5.41) is 11.8. The fraction of sp³-hybridized carbons (Fsp3) is 0.250. The molecule has 0 fully saturated rings. The first-order valence-electron chi connectivity index (χ1n) is 12.7. The summed E-state index contributed by atoms with van der Waals surface area (Å²) in [7, 11) is -3.67. The van der Waals surface area contributed by atoms with Gasteiger partial charge >= 0.3 is 0 Å². The Morgan fingerprint density at radius 3 is 2.48 bits per heavy atom. The van der Waals surface area contributed by atoms with Gasteiger partial charge in [-0.15, -0.1) is 10.2 Å². The zero-order valence-electron chi connectivity index (χ0n) is 22.0. The summed E-state index contributed by atoms with van der Waals surface area (Å²) in [6, 6.07) is 21.0. The highest BCUT2D eigenvalue weighted by atomic mass is 79.9. The lowest BCUT2D eigenvalue weighted by molar-refractivity contribution is -0.113. The van der Waals surface area contributed by atoms with Gasteiger partial charge in [0, 0.05) is 29.7 Å². The van der Waals surface area contributed by atoms with Gasteiger partial charge in [-0.2, -0.15) is 4.31 Å². The number of sulfonamides is 1. The van der Waals surface area contributed by atoms with Crippen molar-refractivity contribution < 1.29 is 17.6 Å². The van der Waals surface area contributed by atoms with Gasteiger partial charge in [-0.3, -0.25) is 4.79 Å². The Labute approximate surface area is 246 Å². The monoisotopic (exact) mass is 645 g/mol. The first-order chi connectivity index (χ1) is 19.2. The minimum atomic E-state index is -3.67. The number of rotatable bonds is 12. The summed E-state index contributed by atoms with van der Waals surface area (Å²) in [5.41, 5.74) is 1.80. The van der Waals surface area contributed by atoms with Gasteiger partial charge in [0.05, 0.1) is 16.3 Å². The Hall–Kier alpha value is -3.06. The molecule has 210 valence electrons. The summed E-state index contributed by atoms with van der Waals surface area (Å²) < 4.78 is 44.3. The number of benzene rings is 3. The molecule has 0 spiro atoms. The molecule has 4 aromatic rings. The fourth-order valence-corrected chi connectivity index (χ4v) is 6.71. The van der Waals surface area contributed by atoms with Crippen LogP contribution in [-0.2, 0) is 27.8 Å². The van der Waals surface area contributed by atoms with E-state index in [1.807, 2.05) is 34.9 Å². The van der Waals surface area contributed by atoms with Gasteiger partial charge in [0.25, 0.3) is 0 Å². The van der Waals surface area contributed by atoms with Crippen molar-refractivity contribution in [3.05, 3.63) is 88.6 Å². The molecule has 1 heterocycles. The van der Waals surface area contributed by atoms with Crippen LogP contribution in [0.1, 0.15) is 19.4 Å². The van der Waals surface area contributed by atoms with Crippen molar-refractivity contribution in [3.8, 4) is 11.4 Å². The van der Waals surface area contributed by atoms with Crippen LogP contribution < -0.4 is 5.32 Å². The van der Waals surface area contributed by atoms with E-state index in [0.717, 1.165) is 5.56 Å². The molecule has 3 aromatic carbocycles. The molecule has 0 atom stereocenters. The van der Waals surface area contributed by atoms with E-state index >= 15 is 0 Å². The first kappa shape index (κ1) is 29.9. The van der Waals surface area contributed by atoms with Gasteiger partial charge in [0.2, 0.25) is 15.9 Å². The highest BCUT2D eigenvalue weighted by Crippen LogP contribution is 2.28. The number of amides is 1. The molecule has 0 saturated carbocycles. The van der Waals surface area contributed by atoms with Crippen molar-refractivity contribution in [2.75, 3.05) is 24.2 Å². The Kier molecular flexibility index (Phi) is 10.1. The second-order valence-electron chi connectivity index (χ2n) is 8.77. The third-order valence-corrected chi connectivity index (χ3v) is 9.66. The molecule has 40 heavy (non-hydrogen) atoms. The normalized spacial score (nSPS) is 11.6. The minimum Gasteiger partial charge on any atom is -0.323 e. The number of hydrogen-bond acceptors (Lipinski definition) is 6. The molecule has 0 radical (unpaired) electrons. The summed E-state index contributed by atoms with van der Waals surface area (Å²) >= 11 is 4.38. The van der Waals surface area contributed by atoms with Crippen LogP contribution in [0.4, 0.5) is 10.1 Å². The maximum atomic E-state index is 14.2.